The Morgan fingerprint density at radius 3 is 2.28 bits per heavy atom. The molecule has 1 aliphatic carbocycles. The van der Waals surface area contributed by atoms with E-state index in [1.54, 1.807) is 6.92 Å². The Morgan fingerprint density at radius 2 is 1.83 bits per heavy atom. The zero-order valence-corrected chi connectivity index (χ0v) is 12.0. The molecule has 1 aliphatic heterocycles. The first-order valence-electron chi connectivity index (χ1n) is 6.90. The molecule has 0 radical (unpaired) electrons. The van der Waals surface area contributed by atoms with Crippen LogP contribution in [0, 0.1) is 11.8 Å². The van der Waals surface area contributed by atoms with E-state index in [4.69, 9.17) is 0 Å². The first kappa shape index (κ1) is 13.4. The molecule has 0 aromatic heterocycles. The predicted octanol–water partition coefficient (Wildman–Crippen LogP) is 1.55. The Labute approximate surface area is 109 Å². The van der Waals surface area contributed by atoms with Gasteiger partial charge in [-0.05, 0) is 45.4 Å². The third-order valence-corrected chi connectivity index (χ3v) is 4.34. The number of nitrogens with one attached hydrogen (secondary N) is 1. The van der Waals surface area contributed by atoms with Gasteiger partial charge in [0.1, 0.15) is 12.1 Å². The van der Waals surface area contributed by atoms with Crippen LogP contribution in [-0.4, -0.2) is 34.3 Å². The maximum absolute atomic E-state index is 12.5. The lowest BCUT2D eigenvalue weighted by Crippen LogP contribution is -2.69. The third-order valence-electron chi connectivity index (χ3n) is 4.34. The topological polar surface area (TPSA) is 49.4 Å². The van der Waals surface area contributed by atoms with E-state index in [-0.39, 0.29) is 29.3 Å². The number of hydrogen-bond donors (Lipinski definition) is 1. The summed E-state index contributed by atoms with van der Waals surface area (Å²) < 4.78 is 0. The lowest BCUT2D eigenvalue weighted by atomic mass is 9.87. The molecule has 102 valence electrons. The zero-order valence-electron chi connectivity index (χ0n) is 12.0. The highest BCUT2D eigenvalue weighted by Gasteiger charge is 2.52. The molecule has 1 saturated carbocycles. The van der Waals surface area contributed by atoms with E-state index in [9.17, 15) is 9.59 Å². The van der Waals surface area contributed by atoms with Gasteiger partial charge in [-0.1, -0.05) is 13.8 Å². The van der Waals surface area contributed by atoms with Crippen LogP contribution in [0.25, 0.3) is 0 Å². The van der Waals surface area contributed by atoms with Crippen LogP contribution in [0.15, 0.2) is 0 Å². The van der Waals surface area contributed by atoms with Gasteiger partial charge in [0.25, 0.3) is 0 Å². The van der Waals surface area contributed by atoms with Crippen molar-refractivity contribution >= 4 is 11.8 Å². The van der Waals surface area contributed by atoms with E-state index in [1.165, 1.54) is 0 Å². The normalized spacial score (nSPS) is 29.8. The molecular formula is C14H24N2O2. The molecule has 2 rings (SSSR count). The highest BCUT2D eigenvalue weighted by molar-refractivity contribution is 5.97. The van der Waals surface area contributed by atoms with Gasteiger partial charge < -0.3 is 10.2 Å². The fourth-order valence-electron chi connectivity index (χ4n) is 3.05. The Bertz CT molecular complexity index is 372. The minimum atomic E-state index is -0.398. The summed E-state index contributed by atoms with van der Waals surface area (Å²) in [5.41, 5.74) is -0.210. The zero-order chi connectivity index (χ0) is 13.7. The molecule has 4 nitrogen and oxygen atoms in total. The van der Waals surface area contributed by atoms with Crippen molar-refractivity contribution in [2.75, 3.05) is 0 Å². The highest BCUT2D eigenvalue weighted by atomic mass is 16.2. The molecule has 0 bridgehead atoms. The standard InChI is InChI=1S/C14H24N2O2/c1-8(2)11-12(17)15-9(3)13(18)16(11)14(4,5)10-6-7-10/h8-11H,6-7H2,1-5H3,(H,15,17). The highest BCUT2D eigenvalue weighted by Crippen LogP contribution is 2.44. The molecule has 2 fully saturated rings. The Balaban J connectivity index is 2.36. The molecule has 2 aliphatic rings. The predicted molar refractivity (Wildman–Crippen MR) is 69.9 cm³/mol. The van der Waals surface area contributed by atoms with Crippen molar-refractivity contribution in [1.29, 1.82) is 0 Å². The lowest BCUT2D eigenvalue weighted by molar-refractivity contribution is -0.158. The van der Waals surface area contributed by atoms with Gasteiger partial charge in [0, 0.05) is 5.54 Å². The van der Waals surface area contributed by atoms with E-state index >= 15 is 0 Å². The van der Waals surface area contributed by atoms with Crippen LogP contribution in [-0.2, 0) is 9.59 Å². The van der Waals surface area contributed by atoms with Crippen LogP contribution < -0.4 is 5.32 Å². The van der Waals surface area contributed by atoms with Crippen molar-refractivity contribution in [3.63, 3.8) is 0 Å². The summed E-state index contributed by atoms with van der Waals surface area (Å²) >= 11 is 0. The van der Waals surface area contributed by atoms with Crippen LogP contribution >= 0.6 is 0 Å². The molecule has 0 aromatic rings. The molecule has 0 aromatic carbocycles. The molecule has 4 heteroatoms. The van der Waals surface area contributed by atoms with E-state index in [1.807, 2.05) is 18.7 Å². The summed E-state index contributed by atoms with van der Waals surface area (Å²) in [7, 11) is 0. The molecule has 2 atom stereocenters. The Hall–Kier alpha value is -1.06. The average molecular weight is 252 g/mol. The molecule has 0 spiro atoms. The minimum Gasteiger partial charge on any atom is -0.343 e. The van der Waals surface area contributed by atoms with Crippen LogP contribution in [0.3, 0.4) is 0 Å². The summed E-state index contributed by atoms with van der Waals surface area (Å²) in [5.74, 6) is 0.733. The molecule has 2 amide bonds. The van der Waals surface area contributed by atoms with Crippen LogP contribution in [0.2, 0.25) is 0 Å². The number of carbonyl (C=O) groups excluding carboxylic acids is 2. The van der Waals surface area contributed by atoms with Gasteiger partial charge in [-0.3, -0.25) is 9.59 Å². The van der Waals surface area contributed by atoms with E-state index in [0.29, 0.717) is 5.92 Å². The lowest BCUT2D eigenvalue weighted by Gasteiger charge is -2.49. The third kappa shape index (κ3) is 2.02. The number of amides is 2. The maximum Gasteiger partial charge on any atom is 0.246 e. The summed E-state index contributed by atoms with van der Waals surface area (Å²) in [5, 5.41) is 2.79. The molecule has 2 unspecified atom stereocenters. The van der Waals surface area contributed by atoms with Crippen LogP contribution in [0.4, 0.5) is 0 Å². The molecule has 18 heavy (non-hydrogen) atoms. The molecular weight excluding hydrogens is 228 g/mol. The molecule has 1 heterocycles. The van der Waals surface area contributed by atoms with Gasteiger partial charge in [0.15, 0.2) is 0 Å². The second-order valence-electron chi connectivity index (χ2n) is 6.56. The van der Waals surface area contributed by atoms with Crippen molar-refractivity contribution in [2.24, 2.45) is 11.8 Å². The van der Waals surface area contributed by atoms with Crippen molar-refractivity contribution < 1.29 is 9.59 Å². The van der Waals surface area contributed by atoms with Gasteiger partial charge in [-0.25, -0.2) is 0 Å². The number of carbonyl (C=O) groups is 2. The van der Waals surface area contributed by atoms with Crippen molar-refractivity contribution in [2.45, 2.75) is 65.1 Å². The Kier molecular flexibility index (Phi) is 3.16. The van der Waals surface area contributed by atoms with Crippen LogP contribution in [0.5, 0.6) is 0 Å². The number of hydrogen-bond acceptors (Lipinski definition) is 2. The monoisotopic (exact) mass is 252 g/mol. The Morgan fingerprint density at radius 1 is 1.28 bits per heavy atom. The van der Waals surface area contributed by atoms with Crippen molar-refractivity contribution in [3.05, 3.63) is 0 Å². The van der Waals surface area contributed by atoms with Gasteiger partial charge in [-0.15, -0.1) is 0 Å². The summed E-state index contributed by atoms with van der Waals surface area (Å²) in [6, 6.07) is -0.727. The van der Waals surface area contributed by atoms with E-state index in [0.717, 1.165) is 12.8 Å². The smallest absolute Gasteiger partial charge is 0.246 e. The largest absolute Gasteiger partial charge is 0.343 e. The second kappa shape index (κ2) is 4.25. The fourth-order valence-corrected chi connectivity index (χ4v) is 3.05. The second-order valence-corrected chi connectivity index (χ2v) is 6.56. The maximum atomic E-state index is 12.5. The summed E-state index contributed by atoms with van der Waals surface area (Å²) in [6.07, 6.45) is 2.33. The first-order valence-corrected chi connectivity index (χ1v) is 6.90. The average Bonchev–Trinajstić information content (AvgIpc) is 3.05. The SMILES string of the molecule is CC1NC(=O)C(C(C)C)N(C(C)(C)C2CC2)C1=O. The van der Waals surface area contributed by atoms with Gasteiger partial charge >= 0.3 is 0 Å². The van der Waals surface area contributed by atoms with Gasteiger partial charge in [0.05, 0.1) is 0 Å². The molecule has 1 N–H and O–H groups in total. The quantitative estimate of drug-likeness (QED) is 0.828. The number of nitrogens with zero attached hydrogens (tertiary/aromatic N) is 1. The van der Waals surface area contributed by atoms with Gasteiger partial charge in [-0.2, -0.15) is 0 Å². The van der Waals surface area contributed by atoms with Crippen molar-refractivity contribution in [1.82, 2.24) is 10.2 Å². The number of piperazine rings is 1. The first-order chi connectivity index (χ1) is 8.26. The van der Waals surface area contributed by atoms with Gasteiger partial charge in [0.2, 0.25) is 11.8 Å². The molecule has 1 saturated heterocycles. The fraction of sp³-hybridized carbons (Fsp3) is 0.857. The minimum absolute atomic E-state index is 0.00850. The summed E-state index contributed by atoms with van der Waals surface area (Å²) in [6.45, 7) is 9.98. The van der Waals surface area contributed by atoms with Crippen LogP contribution in [0.1, 0.15) is 47.5 Å². The van der Waals surface area contributed by atoms with Crippen molar-refractivity contribution in [3.8, 4) is 0 Å². The van der Waals surface area contributed by atoms with E-state index in [2.05, 4.69) is 19.2 Å². The van der Waals surface area contributed by atoms with E-state index < -0.39 is 6.04 Å². The number of rotatable bonds is 3. The summed E-state index contributed by atoms with van der Waals surface area (Å²) in [4.78, 5) is 26.5.